The highest BCUT2D eigenvalue weighted by molar-refractivity contribution is 9.10. The van der Waals surface area contributed by atoms with Gasteiger partial charge in [-0.1, -0.05) is 19.1 Å². The molecule has 2 aromatic rings. The minimum atomic E-state index is 0.0724. The van der Waals surface area contributed by atoms with Crippen molar-refractivity contribution in [1.29, 1.82) is 10.5 Å². The van der Waals surface area contributed by atoms with Crippen LogP contribution in [0.15, 0.2) is 70.4 Å². The van der Waals surface area contributed by atoms with Crippen molar-refractivity contribution in [1.82, 2.24) is 9.97 Å². The molecule has 2 N–H and O–H groups in total. The summed E-state index contributed by atoms with van der Waals surface area (Å²) in [6.45, 7) is 4.19. The van der Waals surface area contributed by atoms with Crippen LogP contribution < -0.4 is 10.6 Å². The van der Waals surface area contributed by atoms with Crippen LogP contribution in [0.4, 0.5) is 17.5 Å². The molecule has 6 nitrogen and oxygen atoms in total. The van der Waals surface area contributed by atoms with Crippen molar-refractivity contribution in [3.05, 3.63) is 75.9 Å². The fraction of sp³-hybridized carbons (Fsp3) is 0.182. The molecular weight excluding hydrogens is 428 g/mol. The first-order chi connectivity index (χ1) is 14.0. The second-order valence-electron chi connectivity index (χ2n) is 6.70. The number of hydrogen-bond acceptors (Lipinski definition) is 6. The van der Waals surface area contributed by atoms with E-state index in [1.807, 2.05) is 24.3 Å². The summed E-state index contributed by atoms with van der Waals surface area (Å²) in [7, 11) is 0. The first kappa shape index (κ1) is 20.3. The molecule has 0 fully saturated rings. The van der Waals surface area contributed by atoms with Gasteiger partial charge in [-0.2, -0.15) is 15.5 Å². The van der Waals surface area contributed by atoms with Gasteiger partial charge in [-0.15, -0.1) is 0 Å². The largest absolute Gasteiger partial charge is 0.362 e. The minimum absolute atomic E-state index is 0.0724. The Morgan fingerprint density at radius 3 is 2.62 bits per heavy atom. The molecular formula is C22H19BrN6. The Labute approximate surface area is 178 Å². The molecule has 1 aliphatic rings. The van der Waals surface area contributed by atoms with Gasteiger partial charge < -0.3 is 10.6 Å². The van der Waals surface area contributed by atoms with Gasteiger partial charge in [0, 0.05) is 18.0 Å². The molecule has 144 valence electrons. The highest BCUT2D eigenvalue weighted by atomic mass is 79.9. The Balaban J connectivity index is 1.77. The lowest BCUT2D eigenvalue weighted by atomic mass is 9.87. The summed E-state index contributed by atoms with van der Waals surface area (Å²) in [5.41, 5.74) is 3.58. The molecule has 1 heterocycles. The Bertz CT molecular complexity index is 1070. The molecule has 0 radical (unpaired) electrons. The van der Waals surface area contributed by atoms with Crippen LogP contribution in [0.25, 0.3) is 0 Å². The minimum Gasteiger partial charge on any atom is -0.362 e. The monoisotopic (exact) mass is 446 g/mol. The quantitative estimate of drug-likeness (QED) is 0.609. The number of allylic oxidation sites excluding steroid dienone is 4. The summed E-state index contributed by atoms with van der Waals surface area (Å²) in [4.78, 5) is 8.90. The normalized spacial score (nSPS) is 18.4. The van der Waals surface area contributed by atoms with Crippen molar-refractivity contribution in [2.45, 2.75) is 19.9 Å². The zero-order chi connectivity index (χ0) is 20.8. The fourth-order valence-corrected chi connectivity index (χ4v) is 3.44. The number of aromatic nitrogens is 2. The smallest absolute Gasteiger partial charge is 0.229 e. The van der Waals surface area contributed by atoms with Gasteiger partial charge in [-0.3, -0.25) is 0 Å². The molecule has 1 aliphatic carbocycles. The molecule has 7 heteroatoms. The summed E-state index contributed by atoms with van der Waals surface area (Å²) in [5.74, 6) is 1.36. The van der Waals surface area contributed by atoms with E-state index in [-0.39, 0.29) is 12.0 Å². The van der Waals surface area contributed by atoms with Crippen molar-refractivity contribution < 1.29 is 0 Å². The number of nitriles is 2. The first-order valence-electron chi connectivity index (χ1n) is 9.02. The SMILES string of the molecule is CC1=CC(/C=C/C#N)=CC(C)C1Nc1nc(Nc2ccc(C#N)cc2)ncc1Br. The van der Waals surface area contributed by atoms with Crippen LogP contribution in [0, 0.1) is 28.6 Å². The van der Waals surface area contributed by atoms with Crippen molar-refractivity contribution >= 4 is 33.4 Å². The maximum Gasteiger partial charge on any atom is 0.229 e. The van der Waals surface area contributed by atoms with Gasteiger partial charge in [0.25, 0.3) is 0 Å². The number of benzene rings is 1. The molecule has 2 atom stereocenters. The molecule has 2 unspecified atom stereocenters. The summed E-state index contributed by atoms with van der Waals surface area (Å²) in [6.07, 6.45) is 9.19. The third-order valence-electron chi connectivity index (χ3n) is 4.52. The maximum absolute atomic E-state index is 8.91. The van der Waals surface area contributed by atoms with Gasteiger partial charge in [0.05, 0.1) is 28.2 Å². The van der Waals surface area contributed by atoms with Crippen LogP contribution in [0.1, 0.15) is 19.4 Å². The van der Waals surface area contributed by atoms with Crippen LogP contribution >= 0.6 is 15.9 Å². The van der Waals surface area contributed by atoms with Crippen LogP contribution in [-0.2, 0) is 0 Å². The van der Waals surface area contributed by atoms with Crippen molar-refractivity contribution in [3.8, 4) is 12.1 Å². The molecule has 0 spiro atoms. The molecule has 29 heavy (non-hydrogen) atoms. The Hall–Kier alpha value is -3.42. The molecule has 0 saturated carbocycles. The lowest BCUT2D eigenvalue weighted by Crippen LogP contribution is -2.30. The molecule has 1 aromatic carbocycles. The Morgan fingerprint density at radius 2 is 1.97 bits per heavy atom. The summed E-state index contributed by atoms with van der Waals surface area (Å²) >= 11 is 3.51. The summed E-state index contributed by atoms with van der Waals surface area (Å²) < 4.78 is 0.766. The number of halogens is 1. The summed E-state index contributed by atoms with van der Waals surface area (Å²) in [6, 6.07) is 11.3. The van der Waals surface area contributed by atoms with Crippen molar-refractivity contribution in [2.24, 2.45) is 5.92 Å². The van der Waals surface area contributed by atoms with Crippen LogP contribution in [0.5, 0.6) is 0 Å². The fourth-order valence-electron chi connectivity index (χ4n) is 3.13. The number of anilines is 3. The number of rotatable bonds is 5. The van der Waals surface area contributed by atoms with Crippen molar-refractivity contribution in [2.75, 3.05) is 10.6 Å². The molecule has 0 saturated heterocycles. The molecule has 0 aliphatic heterocycles. The van der Waals surface area contributed by atoms with E-state index in [0.29, 0.717) is 17.3 Å². The van der Waals surface area contributed by atoms with Gasteiger partial charge in [0.2, 0.25) is 5.95 Å². The van der Waals surface area contributed by atoms with E-state index in [4.69, 9.17) is 10.5 Å². The summed E-state index contributed by atoms with van der Waals surface area (Å²) in [5, 5.41) is 24.3. The van der Waals surface area contributed by atoms with Gasteiger partial charge >= 0.3 is 0 Å². The van der Waals surface area contributed by atoms with Gasteiger partial charge in [0.1, 0.15) is 5.82 Å². The third kappa shape index (κ3) is 5.10. The lowest BCUT2D eigenvalue weighted by molar-refractivity contribution is 0.625. The predicted molar refractivity (Wildman–Crippen MR) is 117 cm³/mol. The van der Waals surface area contributed by atoms with Crippen molar-refractivity contribution in [3.63, 3.8) is 0 Å². The highest BCUT2D eigenvalue weighted by Crippen LogP contribution is 2.29. The second-order valence-corrected chi connectivity index (χ2v) is 7.56. The van der Waals surface area contributed by atoms with Gasteiger partial charge in [0.15, 0.2) is 0 Å². The topological polar surface area (TPSA) is 97.4 Å². The highest BCUT2D eigenvalue weighted by Gasteiger charge is 2.22. The second kappa shape index (κ2) is 9.18. The average molecular weight is 447 g/mol. The van der Waals surface area contributed by atoms with E-state index in [1.54, 1.807) is 18.3 Å². The van der Waals surface area contributed by atoms with Crippen LogP contribution in [-0.4, -0.2) is 16.0 Å². The number of nitrogens with zero attached hydrogens (tertiary/aromatic N) is 4. The molecule has 0 amide bonds. The van der Waals surface area contributed by atoms with Gasteiger partial charge in [-0.25, -0.2) is 4.98 Å². The maximum atomic E-state index is 8.91. The van der Waals surface area contributed by atoms with E-state index in [9.17, 15) is 0 Å². The van der Waals surface area contributed by atoms with E-state index >= 15 is 0 Å². The standard InChI is InChI=1S/C22H19BrN6/c1-14-10-17(4-3-9-24)11-15(2)20(14)28-21-19(23)13-26-22(29-21)27-18-7-5-16(12-25)6-8-18/h3-8,10-11,13-14,20H,1-2H3,(H2,26,27,28,29)/b4-3+. The number of hydrogen-bond donors (Lipinski definition) is 2. The number of nitrogens with one attached hydrogen (secondary N) is 2. The molecule has 3 rings (SSSR count). The Kier molecular flexibility index (Phi) is 6.43. The van der Waals surface area contributed by atoms with Crippen LogP contribution in [0.2, 0.25) is 0 Å². The van der Waals surface area contributed by atoms with E-state index < -0.39 is 0 Å². The van der Waals surface area contributed by atoms with E-state index in [1.165, 1.54) is 6.08 Å². The average Bonchev–Trinajstić information content (AvgIpc) is 2.72. The van der Waals surface area contributed by atoms with E-state index in [0.717, 1.165) is 21.3 Å². The third-order valence-corrected chi connectivity index (χ3v) is 5.10. The first-order valence-corrected chi connectivity index (χ1v) is 9.82. The zero-order valence-electron chi connectivity index (χ0n) is 16.0. The lowest BCUT2D eigenvalue weighted by Gasteiger charge is -2.28. The predicted octanol–water partition coefficient (Wildman–Crippen LogP) is 5.24. The van der Waals surface area contributed by atoms with E-state index in [2.05, 4.69) is 68.6 Å². The zero-order valence-corrected chi connectivity index (χ0v) is 17.6. The van der Waals surface area contributed by atoms with Gasteiger partial charge in [-0.05, 0) is 70.3 Å². The Morgan fingerprint density at radius 1 is 1.21 bits per heavy atom. The van der Waals surface area contributed by atoms with Crippen LogP contribution in [0.3, 0.4) is 0 Å². The molecule has 0 bridgehead atoms. The molecule has 1 aromatic heterocycles.